The first kappa shape index (κ1) is 14.5. The van der Waals surface area contributed by atoms with E-state index in [1.165, 1.54) is 62.1 Å². The number of pyridine rings is 1. The molecule has 1 aromatic heterocycles. The molecule has 0 bridgehead atoms. The van der Waals surface area contributed by atoms with Crippen LogP contribution in [-0.2, 0) is 25.7 Å². The molecule has 0 fully saturated rings. The third kappa shape index (κ3) is 3.07. The van der Waals surface area contributed by atoms with Gasteiger partial charge in [0, 0.05) is 16.5 Å². The fourth-order valence-electron chi connectivity index (χ4n) is 3.36. The van der Waals surface area contributed by atoms with Crippen molar-refractivity contribution in [2.24, 2.45) is 0 Å². The summed E-state index contributed by atoms with van der Waals surface area (Å²) in [4.78, 5) is 5.01. The molecule has 0 amide bonds. The molecule has 2 aliphatic carbocycles. The quantitative estimate of drug-likeness (QED) is 0.723. The van der Waals surface area contributed by atoms with Gasteiger partial charge in [-0.1, -0.05) is 17.7 Å². The Labute approximate surface area is 131 Å². The van der Waals surface area contributed by atoms with Crippen LogP contribution in [0.25, 0.3) is 0 Å². The number of hydrogen-bond acceptors (Lipinski definition) is 2. The van der Waals surface area contributed by atoms with Crippen LogP contribution in [0.4, 0.5) is 0 Å². The highest BCUT2D eigenvalue weighted by atomic mass is 35.5. The monoisotopic (exact) mass is 307 g/mol. The third-order valence-electron chi connectivity index (χ3n) is 4.35. The van der Waals surface area contributed by atoms with E-state index in [2.05, 4.69) is 6.08 Å². The van der Waals surface area contributed by atoms with Crippen molar-refractivity contribution in [1.82, 2.24) is 4.98 Å². The molecule has 1 aromatic rings. The van der Waals surface area contributed by atoms with E-state index in [9.17, 15) is 0 Å². The molecule has 20 heavy (non-hydrogen) atoms. The number of fused-ring (bicyclic) bond motifs is 3. The van der Waals surface area contributed by atoms with Gasteiger partial charge in [0.2, 0.25) is 0 Å². The topological polar surface area (TPSA) is 12.9 Å². The number of thioether (sulfide) groups is 1. The summed E-state index contributed by atoms with van der Waals surface area (Å²) in [6, 6.07) is 0. The minimum Gasteiger partial charge on any atom is -0.246 e. The van der Waals surface area contributed by atoms with Gasteiger partial charge in [0.1, 0.15) is 5.03 Å². The molecule has 0 spiro atoms. The average Bonchev–Trinajstić information content (AvgIpc) is 2.47. The van der Waals surface area contributed by atoms with Crippen LogP contribution in [0.15, 0.2) is 16.1 Å². The SMILES string of the molecule is CC(Cl)=CCSc1nc2c(c3c1CCCC3)CCCC2. The summed E-state index contributed by atoms with van der Waals surface area (Å²) in [5.41, 5.74) is 6.22. The molecule has 1 nitrogen and oxygen atoms in total. The first-order valence-electron chi connectivity index (χ1n) is 7.74. The number of aromatic nitrogens is 1. The van der Waals surface area contributed by atoms with E-state index in [4.69, 9.17) is 16.6 Å². The fraction of sp³-hybridized carbons (Fsp3) is 0.588. The molecule has 108 valence electrons. The Hall–Kier alpha value is -0.470. The van der Waals surface area contributed by atoms with Gasteiger partial charge in [0.15, 0.2) is 0 Å². The van der Waals surface area contributed by atoms with E-state index >= 15 is 0 Å². The minimum atomic E-state index is 0.879. The van der Waals surface area contributed by atoms with Crippen LogP contribution in [0.3, 0.4) is 0 Å². The maximum Gasteiger partial charge on any atom is 0.100 e. The Bertz CT molecular complexity index is 532. The summed E-state index contributed by atoms with van der Waals surface area (Å²) >= 11 is 7.79. The van der Waals surface area contributed by atoms with Crippen molar-refractivity contribution in [3.8, 4) is 0 Å². The highest BCUT2D eigenvalue weighted by Gasteiger charge is 2.23. The average molecular weight is 308 g/mol. The lowest BCUT2D eigenvalue weighted by molar-refractivity contribution is 0.610. The van der Waals surface area contributed by atoms with Crippen LogP contribution in [0.5, 0.6) is 0 Å². The van der Waals surface area contributed by atoms with Gasteiger partial charge in [0.05, 0.1) is 0 Å². The van der Waals surface area contributed by atoms with Gasteiger partial charge in [-0.2, -0.15) is 0 Å². The van der Waals surface area contributed by atoms with E-state index in [-0.39, 0.29) is 0 Å². The number of rotatable bonds is 3. The summed E-state index contributed by atoms with van der Waals surface area (Å²) < 4.78 is 0. The van der Waals surface area contributed by atoms with Crippen molar-refractivity contribution in [3.63, 3.8) is 0 Å². The van der Waals surface area contributed by atoms with E-state index in [1.54, 1.807) is 16.7 Å². The maximum absolute atomic E-state index is 5.93. The van der Waals surface area contributed by atoms with Crippen molar-refractivity contribution in [2.75, 3.05) is 5.75 Å². The lowest BCUT2D eigenvalue weighted by Crippen LogP contribution is -2.16. The second-order valence-corrected chi connectivity index (χ2v) is 7.42. The van der Waals surface area contributed by atoms with E-state index in [1.807, 2.05) is 18.7 Å². The number of halogens is 1. The second-order valence-electron chi connectivity index (χ2n) is 5.82. The molecule has 0 saturated carbocycles. The van der Waals surface area contributed by atoms with E-state index in [0.717, 1.165) is 10.8 Å². The van der Waals surface area contributed by atoms with E-state index < -0.39 is 0 Å². The van der Waals surface area contributed by atoms with Gasteiger partial charge in [0.25, 0.3) is 0 Å². The minimum absolute atomic E-state index is 0.879. The molecule has 2 aliphatic rings. The van der Waals surface area contributed by atoms with Gasteiger partial charge < -0.3 is 0 Å². The number of allylic oxidation sites excluding steroid dienone is 1. The van der Waals surface area contributed by atoms with E-state index in [0.29, 0.717) is 0 Å². The summed E-state index contributed by atoms with van der Waals surface area (Å²) in [5.74, 6) is 0.938. The van der Waals surface area contributed by atoms with Crippen LogP contribution in [0.2, 0.25) is 0 Å². The normalized spacial score (nSPS) is 18.6. The van der Waals surface area contributed by atoms with Gasteiger partial charge >= 0.3 is 0 Å². The molecule has 0 aromatic carbocycles. The highest BCUT2D eigenvalue weighted by Crippen LogP contribution is 2.36. The summed E-state index contributed by atoms with van der Waals surface area (Å²) in [5, 5.41) is 2.17. The standard InChI is InChI=1S/C17H22ClNS/c1-12(18)10-11-20-17-15-8-3-2-6-13(15)14-7-4-5-9-16(14)19-17/h10H,2-9,11H2,1H3. The Morgan fingerprint density at radius 3 is 2.45 bits per heavy atom. The van der Waals surface area contributed by atoms with Gasteiger partial charge in [-0.05, 0) is 75.0 Å². The zero-order valence-corrected chi connectivity index (χ0v) is 13.7. The zero-order valence-electron chi connectivity index (χ0n) is 12.2. The summed E-state index contributed by atoms with van der Waals surface area (Å²) in [7, 11) is 0. The van der Waals surface area contributed by atoms with Crippen molar-refractivity contribution in [1.29, 1.82) is 0 Å². The van der Waals surface area contributed by atoms with Gasteiger partial charge in [-0.25, -0.2) is 4.98 Å². The maximum atomic E-state index is 5.93. The molecule has 0 N–H and O–H groups in total. The number of hydrogen-bond donors (Lipinski definition) is 0. The summed E-state index contributed by atoms with van der Waals surface area (Å²) in [6.45, 7) is 1.94. The lowest BCUT2D eigenvalue weighted by Gasteiger charge is -2.26. The number of nitrogens with zero attached hydrogens (tertiary/aromatic N) is 1. The Balaban J connectivity index is 1.94. The number of aryl methyl sites for hydroxylation is 1. The van der Waals surface area contributed by atoms with Crippen LogP contribution in [0.1, 0.15) is 55.0 Å². The molecule has 0 unspecified atom stereocenters. The smallest absolute Gasteiger partial charge is 0.100 e. The van der Waals surface area contributed by atoms with Gasteiger partial charge in [-0.15, -0.1) is 11.8 Å². The summed E-state index contributed by atoms with van der Waals surface area (Å²) in [6.07, 6.45) is 12.4. The molecule has 1 heterocycles. The third-order valence-corrected chi connectivity index (χ3v) is 5.45. The van der Waals surface area contributed by atoms with Crippen molar-refractivity contribution >= 4 is 23.4 Å². The van der Waals surface area contributed by atoms with Crippen LogP contribution >= 0.6 is 23.4 Å². The Morgan fingerprint density at radius 1 is 1.05 bits per heavy atom. The van der Waals surface area contributed by atoms with Crippen LogP contribution in [-0.4, -0.2) is 10.7 Å². The molecular formula is C17H22ClNS. The molecule has 0 saturated heterocycles. The second kappa shape index (κ2) is 6.53. The Kier molecular flexibility index (Phi) is 4.72. The Morgan fingerprint density at radius 2 is 1.70 bits per heavy atom. The van der Waals surface area contributed by atoms with Gasteiger partial charge in [-0.3, -0.25) is 0 Å². The molecule has 0 aliphatic heterocycles. The largest absolute Gasteiger partial charge is 0.246 e. The lowest BCUT2D eigenvalue weighted by atomic mass is 9.84. The van der Waals surface area contributed by atoms with Crippen molar-refractivity contribution < 1.29 is 0 Å². The van der Waals surface area contributed by atoms with Crippen LogP contribution in [0, 0.1) is 0 Å². The highest BCUT2D eigenvalue weighted by molar-refractivity contribution is 7.99. The van der Waals surface area contributed by atoms with Crippen LogP contribution < -0.4 is 0 Å². The predicted molar refractivity (Wildman–Crippen MR) is 87.9 cm³/mol. The zero-order chi connectivity index (χ0) is 13.9. The molecule has 3 heteroatoms. The molecule has 0 atom stereocenters. The molecular weight excluding hydrogens is 286 g/mol. The first-order chi connectivity index (χ1) is 9.75. The first-order valence-corrected chi connectivity index (χ1v) is 9.10. The van der Waals surface area contributed by atoms with Crippen molar-refractivity contribution in [2.45, 2.75) is 63.3 Å². The fourth-order valence-corrected chi connectivity index (χ4v) is 4.59. The molecule has 0 radical (unpaired) electrons. The molecule has 3 rings (SSSR count). The van der Waals surface area contributed by atoms with Crippen molar-refractivity contribution in [3.05, 3.63) is 33.5 Å². The predicted octanol–water partition coefficient (Wildman–Crippen LogP) is 5.07.